The lowest BCUT2D eigenvalue weighted by Gasteiger charge is -2.14. The Morgan fingerprint density at radius 1 is 1.69 bits per heavy atom. The van der Waals surface area contributed by atoms with Crippen LogP contribution in [0.25, 0.3) is 0 Å². The number of rotatable bonds is 3. The van der Waals surface area contributed by atoms with E-state index in [-0.39, 0.29) is 11.9 Å². The number of hydrogen-bond donors (Lipinski definition) is 1. The van der Waals surface area contributed by atoms with E-state index in [0.29, 0.717) is 11.4 Å². The fourth-order valence-corrected chi connectivity index (χ4v) is 2.56. The highest BCUT2D eigenvalue weighted by Crippen LogP contribution is 2.18. The van der Waals surface area contributed by atoms with E-state index in [2.05, 4.69) is 16.5 Å². The summed E-state index contributed by atoms with van der Waals surface area (Å²) in [6, 6.07) is 0.124. The Morgan fingerprint density at radius 3 is 3.12 bits per heavy atom. The second-order valence-corrected chi connectivity index (χ2v) is 4.85. The minimum Gasteiger partial charge on any atom is -0.336 e. The Bertz CT molecular complexity index is 379. The van der Waals surface area contributed by atoms with Crippen LogP contribution in [-0.2, 0) is 6.42 Å². The van der Waals surface area contributed by atoms with Crippen LogP contribution >= 0.6 is 11.5 Å². The summed E-state index contributed by atoms with van der Waals surface area (Å²) in [4.78, 5) is 14.6. The molecule has 2 N–H and O–H groups in total. The van der Waals surface area contributed by atoms with Crippen molar-refractivity contribution in [3.05, 3.63) is 10.6 Å². The van der Waals surface area contributed by atoms with Crippen molar-refractivity contribution in [1.29, 1.82) is 0 Å². The molecule has 1 aliphatic heterocycles. The van der Waals surface area contributed by atoms with Gasteiger partial charge in [0.15, 0.2) is 0 Å². The molecular weight excluding hydrogens is 224 g/mol. The molecule has 0 aromatic carbocycles. The van der Waals surface area contributed by atoms with Gasteiger partial charge in [0.2, 0.25) is 0 Å². The molecule has 88 valence electrons. The summed E-state index contributed by atoms with van der Waals surface area (Å²) >= 11 is 1.19. The van der Waals surface area contributed by atoms with Crippen LogP contribution in [0, 0.1) is 0 Å². The van der Waals surface area contributed by atoms with Crippen molar-refractivity contribution in [2.45, 2.75) is 32.2 Å². The Morgan fingerprint density at radius 2 is 2.50 bits per heavy atom. The zero-order chi connectivity index (χ0) is 11.5. The zero-order valence-corrected chi connectivity index (χ0v) is 10.2. The molecule has 1 aromatic heterocycles. The topological polar surface area (TPSA) is 72.1 Å². The maximum absolute atomic E-state index is 12.2. The van der Waals surface area contributed by atoms with E-state index in [0.717, 1.165) is 31.5 Å². The van der Waals surface area contributed by atoms with Crippen molar-refractivity contribution < 1.29 is 4.79 Å². The number of hydrogen-bond acceptors (Lipinski definition) is 5. The Kier molecular flexibility index (Phi) is 3.50. The number of nitrogens with zero attached hydrogens (tertiary/aromatic N) is 3. The molecule has 0 saturated carbocycles. The molecular formula is C10H16N4OS. The highest BCUT2D eigenvalue weighted by molar-refractivity contribution is 7.08. The van der Waals surface area contributed by atoms with Gasteiger partial charge in [-0.3, -0.25) is 4.79 Å². The van der Waals surface area contributed by atoms with Crippen LogP contribution in [0.2, 0.25) is 0 Å². The quantitative estimate of drug-likeness (QED) is 0.842. The monoisotopic (exact) mass is 240 g/mol. The molecule has 0 aliphatic carbocycles. The Labute approximate surface area is 98.8 Å². The van der Waals surface area contributed by atoms with Gasteiger partial charge in [0, 0.05) is 19.1 Å². The first-order chi connectivity index (χ1) is 7.72. The summed E-state index contributed by atoms with van der Waals surface area (Å²) in [5, 5.41) is 4.01. The third-order valence-corrected chi connectivity index (χ3v) is 3.50. The van der Waals surface area contributed by atoms with Gasteiger partial charge in [-0.15, -0.1) is 5.10 Å². The zero-order valence-electron chi connectivity index (χ0n) is 9.35. The van der Waals surface area contributed by atoms with E-state index >= 15 is 0 Å². The lowest BCUT2D eigenvalue weighted by atomic mass is 10.2. The largest absolute Gasteiger partial charge is 0.336 e. The lowest BCUT2D eigenvalue weighted by molar-refractivity contribution is 0.0794. The molecule has 5 nitrogen and oxygen atoms in total. The first-order valence-electron chi connectivity index (χ1n) is 5.58. The van der Waals surface area contributed by atoms with Gasteiger partial charge < -0.3 is 10.6 Å². The van der Waals surface area contributed by atoms with Crippen molar-refractivity contribution >= 4 is 17.4 Å². The molecule has 1 atom stereocenters. The van der Waals surface area contributed by atoms with E-state index in [1.807, 2.05) is 0 Å². The van der Waals surface area contributed by atoms with E-state index in [1.54, 1.807) is 4.90 Å². The molecule has 6 heteroatoms. The van der Waals surface area contributed by atoms with E-state index in [9.17, 15) is 4.79 Å². The average Bonchev–Trinajstić information content (AvgIpc) is 2.87. The second-order valence-electron chi connectivity index (χ2n) is 4.10. The minimum absolute atomic E-state index is 0.0476. The van der Waals surface area contributed by atoms with E-state index < -0.39 is 0 Å². The summed E-state index contributed by atoms with van der Waals surface area (Å²) in [6.45, 7) is 3.48. The minimum atomic E-state index is 0.0476. The van der Waals surface area contributed by atoms with E-state index in [1.165, 1.54) is 11.5 Å². The molecule has 16 heavy (non-hydrogen) atoms. The molecule has 0 spiro atoms. The first-order valence-corrected chi connectivity index (χ1v) is 6.35. The molecule has 1 amide bonds. The average molecular weight is 240 g/mol. The summed E-state index contributed by atoms with van der Waals surface area (Å²) in [5.41, 5.74) is 6.62. The predicted octanol–water partition coefficient (Wildman–Crippen LogP) is 0.664. The summed E-state index contributed by atoms with van der Waals surface area (Å²) in [7, 11) is 0. The van der Waals surface area contributed by atoms with Crippen LogP contribution in [0.1, 0.15) is 35.1 Å². The lowest BCUT2D eigenvalue weighted by Crippen LogP contribution is -2.31. The van der Waals surface area contributed by atoms with Gasteiger partial charge in [0.05, 0.1) is 5.69 Å². The maximum Gasteiger partial charge on any atom is 0.267 e. The highest BCUT2D eigenvalue weighted by atomic mass is 32.1. The molecule has 1 saturated heterocycles. The summed E-state index contributed by atoms with van der Waals surface area (Å²) < 4.78 is 3.87. The van der Waals surface area contributed by atoms with Crippen LogP contribution < -0.4 is 5.73 Å². The van der Waals surface area contributed by atoms with Crippen LogP contribution in [-0.4, -0.2) is 39.5 Å². The third-order valence-electron chi connectivity index (χ3n) is 2.75. The van der Waals surface area contributed by atoms with Crippen molar-refractivity contribution in [1.82, 2.24) is 14.5 Å². The number of aromatic nitrogens is 2. The van der Waals surface area contributed by atoms with Crippen molar-refractivity contribution in [2.75, 3.05) is 13.1 Å². The van der Waals surface area contributed by atoms with Crippen LogP contribution in [0.15, 0.2) is 0 Å². The van der Waals surface area contributed by atoms with Gasteiger partial charge in [-0.05, 0) is 24.4 Å². The van der Waals surface area contributed by atoms with Gasteiger partial charge in [0.1, 0.15) is 4.88 Å². The van der Waals surface area contributed by atoms with Crippen LogP contribution in [0.3, 0.4) is 0 Å². The smallest absolute Gasteiger partial charge is 0.267 e. The third kappa shape index (κ3) is 2.22. The van der Waals surface area contributed by atoms with E-state index in [4.69, 9.17) is 5.73 Å². The normalized spacial score (nSPS) is 20.4. The second kappa shape index (κ2) is 4.88. The van der Waals surface area contributed by atoms with Crippen molar-refractivity contribution in [3.63, 3.8) is 0 Å². The fraction of sp³-hybridized carbons (Fsp3) is 0.700. The van der Waals surface area contributed by atoms with Crippen LogP contribution in [0.5, 0.6) is 0 Å². The van der Waals surface area contributed by atoms with Gasteiger partial charge in [-0.2, -0.15) is 0 Å². The standard InChI is InChI=1S/C10H16N4OS/c1-2-3-8-9(16-13-12-8)10(15)14-5-4-7(11)6-14/h7H,2-6,11H2,1H3/t7-/m0/s1. The van der Waals surface area contributed by atoms with Gasteiger partial charge in [-0.25, -0.2) is 0 Å². The predicted molar refractivity (Wildman–Crippen MR) is 62.4 cm³/mol. The molecule has 0 bridgehead atoms. The van der Waals surface area contributed by atoms with Crippen molar-refractivity contribution in [3.8, 4) is 0 Å². The highest BCUT2D eigenvalue weighted by Gasteiger charge is 2.27. The van der Waals surface area contributed by atoms with Gasteiger partial charge in [-0.1, -0.05) is 17.8 Å². The number of amides is 1. The number of carbonyl (C=O) groups excluding carboxylic acids is 1. The summed E-state index contributed by atoms with van der Waals surface area (Å²) in [5.74, 6) is 0.0476. The molecule has 1 fully saturated rings. The van der Waals surface area contributed by atoms with Crippen molar-refractivity contribution in [2.24, 2.45) is 5.73 Å². The summed E-state index contributed by atoms with van der Waals surface area (Å²) in [6.07, 6.45) is 2.68. The molecule has 0 unspecified atom stereocenters. The maximum atomic E-state index is 12.2. The molecule has 2 rings (SSSR count). The van der Waals surface area contributed by atoms with Crippen LogP contribution in [0.4, 0.5) is 0 Å². The number of aryl methyl sites for hydroxylation is 1. The molecule has 0 radical (unpaired) electrons. The first kappa shape index (κ1) is 11.5. The molecule has 2 heterocycles. The number of carbonyl (C=O) groups is 1. The Balaban J connectivity index is 2.11. The number of nitrogens with two attached hydrogens (primary N) is 1. The Hall–Kier alpha value is -1.01. The fourth-order valence-electron chi connectivity index (χ4n) is 1.89. The molecule has 1 aromatic rings. The SMILES string of the molecule is CCCc1nnsc1C(=O)N1CC[C@H](N)C1. The van der Waals surface area contributed by atoms with Gasteiger partial charge in [0.25, 0.3) is 5.91 Å². The van der Waals surface area contributed by atoms with Gasteiger partial charge >= 0.3 is 0 Å². The molecule has 1 aliphatic rings. The number of likely N-dealkylation sites (tertiary alicyclic amines) is 1.